The molecule has 0 atom stereocenters. The molecule has 0 radical (unpaired) electrons. The Hall–Kier alpha value is -1.73. The summed E-state index contributed by atoms with van der Waals surface area (Å²) in [6, 6.07) is 3.50. The Labute approximate surface area is 106 Å². The number of halogens is 1. The number of rotatable bonds is 3. The topological polar surface area (TPSA) is 86.0 Å². The van der Waals surface area contributed by atoms with Crippen LogP contribution in [0.1, 0.15) is 5.69 Å². The van der Waals surface area contributed by atoms with E-state index in [1.807, 2.05) is 6.92 Å². The van der Waals surface area contributed by atoms with Gasteiger partial charge in [0.05, 0.1) is 6.20 Å². The highest BCUT2D eigenvalue weighted by atomic mass is 79.9. The highest BCUT2D eigenvalue weighted by Gasteiger charge is 2.04. The number of aryl methyl sites for hydroxylation is 1. The van der Waals surface area contributed by atoms with Gasteiger partial charge in [-0.2, -0.15) is 4.98 Å². The maximum Gasteiger partial charge on any atom is 0.240 e. The third-order valence-electron chi connectivity index (χ3n) is 1.86. The Balaban J connectivity index is 2.26. The Morgan fingerprint density at radius 3 is 2.82 bits per heavy atom. The second-order valence-corrected chi connectivity index (χ2v) is 4.17. The van der Waals surface area contributed by atoms with Gasteiger partial charge in [-0.1, -0.05) is 0 Å². The second kappa shape index (κ2) is 5.07. The van der Waals surface area contributed by atoms with Gasteiger partial charge in [-0.25, -0.2) is 10.8 Å². The number of ether oxygens (including phenoxy) is 1. The zero-order valence-corrected chi connectivity index (χ0v) is 10.6. The lowest BCUT2D eigenvalue weighted by Crippen LogP contribution is -2.11. The molecule has 0 aliphatic heterocycles. The zero-order valence-electron chi connectivity index (χ0n) is 9.01. The van der Waals surface area contributed by atoms with Gasteiger partial charge in [-0.3, -0.25) is 10.4 Å². The van der Waals surface area contributed by atoms with E-state index in [-0.39, 0.29) is 0 Å². The first kappa shape index (κ1) is 11.7. The molecule has 0 unspecified atom stereocenters. The fraction of sp³-hybridized carbons (Fsp3) is 0.100. The standard InChI is InChI=1S/C10H10BrN5O/c1-6-2-9(15-10(14-6)16-12)17-8-3-7(11)4-13-5-8/h2-5H,12H2,1H3,(H,14,15,16). The second-order valence-electron chi connectivity index (χ2n) is 3.26. The van der Waals surface area contributed by atoms with Gasteiger partial charge >= 0.3 is 0 Å². The summed E-state index contributed by atoms with van der Waals surface area (Å²) >= 11 is 3.31. The minimum absolute atomic E-state index is 0.308. The molecule has 0 amide bonds. The van der Waals surface area contributed by atoms with Crippen LogP contribution in [0.4, 0.5) is 5.95 Å². The van der Waals surface area contributed by atoms with E-state index in [1.54, 1.807) is 24.5 Å². The van der Waals surface area contributed by atoms with Crippen LogP contribution in [-0.4, -0.2) is 15.0 Å². The summed E-state index contributed by atoms with van der Waals surface area (Å²) in [7, 11) is 0. The number of hydrogen-bond donors (Lipinski definition) is 2. The van der Waals surface area contributed by atoms with Crippen LogP contribution in [0.3, 0.4) is 0 Å². The lowest BCUT2D eigenvalue weighted by molar-refractivity contribution is 0.459. The fourth-order valence-corrected chi connectivity index (χ4v) is 1.57. The number of anilines is 1. The maximum absolute atomic E-state index is 5.54. The lowest BCUT2D eigenvalue weighted by atomic mass is 10.4. The Morgan fingerprint density at radius 2 is 2.12 bits per heavy atom. The van der Waals surface area contributed by atoms with Gasteiger partial charge < -0.3 is 4.74 Å². The third-order valence-corrected chi connectivity index (χ3v) is 2.30. The monoisotopic (exact) mass is 295 g/mol. The van der Waals surface area contributed by atoms with Gasteiger partial charge in [0.15, 0.2) is 0 Å². The molecule has 0 aliphatic carbocycles. The van der Waals surface area contributed by atoms with Crippen molar-refractivity contribution in [2.45, 2.75) is 6.92 Å². The minimum Gasteiger partial charge on any atom is -0.437 e. The number of hydrogen-bond acceptors (Lipinski definition) is 6. The van der Waals surface area contributed by atoms with E-state index in [9.17, 15) is 0 Å². The molecular formula is C10H10BrN5O. The number of nitrogens with one attached hydrogen (secondary N) is 1. The smallest absolute Gasteiger partial charge is 0.240 e. The Kier molecular flexibility index (Phi) is 3.50. The number of pyridine rings is 1. The van der Waals surface area contributed by atoms with Crippen LogP contribution in [0.5, 0.6) is 11.6 Å². The van der Waals surface area contributed by atoms with E-state index in [1.165, 1.54) is 0 Å². The lowest BCUT2D eigenvalue weighted by Gasteiger charge is -2.06. The van der Waals surface area contributed by atoms with Crippen molar-refractivity contribution < 1.29 is 4.74 Å². The summed E-state index contributed by atoms with van der Waals surface area (Å²) in [5.74, 6) is 6.55. The van der Waals surface area contributed by atoms with Crippen LogP contribution in [0.25, 0.3) is 0 Å². The molecule has 7 heteroatoms. The molecule has 2 aromatic heterocycles. The van der Waals surface area contributed by atoms with Crippen molar-refractivity contribution in [2.75, 3.05) is 5.43 Å². The van der Waals surface area contributed by atoms with Gasteiger partial charge in [0.25, 0.3) is 0 Å². The summed E-state index contributed by atoms with van der Waals surface area (Å²) in [6.07, 6.45) is 3.27. The van der Waals surface area contributed by atoms with Crippen molar-refractivity contribution in [1.82, 2.24) is 15.0 Å². The number of nitrogens with zero attached hydrogens (tertiary/aromatic N) is 3. The van der Waals surface area contributed by atoms with E-state index in [2.05, 4.69) is 36.3 Å². The molecule has 2 aromatic rings. The normalized spacial score (nSPS) is 10.1. The van der Waals surface area contributed by atoms with Crippen molar-refractivity contribution in [3.8, 4) is 11.6 Å². The molecule has 0 saturated heterocycles. The average molecular weight is 296 g/mol. The predicted molar refractivity (Wildman–Crippen MR) is 66.6 cm³/mol. The van der Waals surface area contributed by atoms with E-state index >= 15 is 0 Å². The molecule has 0 bridgehead atoms. The minimum atomic E-state index is 0.308. The predicted octanol–water partition coefficient (Wildman–Crippen LogP) is 2.02. The number of nitrogen functional groups attached to an aromatic ring is 1. The first-order chi connectivity index (χ1) is 8.17. The Bertz CT molecular complexity index is 534. The van der Waals surface area contributed by atoms with Gasteiger partial charge in [0, 0.05) is 22.4 Å². The number of nitrogens with two attached hydrogens (primary N) is 1. The van der Waals surface area contributed by atoms with Crippen LogP contribution in [0.2, 0.25) is 0 Å². The largest absolute Gasteiger partial charge is 0.437 e. The molecule has 6 nitrogen and oxygen atoms in total. The van der Waals surface area contributed by atoms with Crippen molar-refractivity contribution in [2.24, 2.45) is 5.84 Å². The molecule has 17 heavy (non-hydrogen) atoms. The molecule has 3 N–H and O–H groups in total. The molecule has 2 heterocycles. The van der Waals surface area contributed by atoms with Crippen LogP contribution in [0.15, 0.2) is 29.0 Å². The number of hydrazine groups is 1. The van der Waals surface area contributed by atoms with Crippen molar-refractivity contribution >= 4 is 21.9 Å². The zero-order chi connectivity index (χ0) is 12.3. The molecule has 0 fully saturated rings. The highest BCUT2D eigenvalue weighted by molar-refractivity contribution is 9.10. The SMILES string of the molecule is Cc1cc(Oc2cncc(Br)c2)nc(NN)n1. The van der Waals surface area contributed by atoms with Gasteiger partial charge in [0.2, 0.25) is 11.8 Å². The van der Waals surface area contributed by atoms with Crippen LogP contribution in [-0.2, 0) is 0 Å². The van der Waals surface area contributed by atoms with Crippen LogP contribution >= 0.6 is 15.9 Å². The maximum atomic E-state index is 5.54. The summed E-state index contributed by atoms with van der Waals surface area (Å²) in [5.41, 5.74) is 3.13. The van der Waals surface area contributed by atoms with E-state index in [0.29, 0.717) is 17.6 Å². The third kappa shape index (κ3) is 3.11. The summed E-state index contributed by atoms with van der Waals surface area (Å²) in [4.78, 5) is 12.1. The molecule has 2 rings (SSSR count). The first-order valence-electron chi connectivity index (χ1n) is 4.78. The van der Waals surface area contributed by atoms with Crippen molar-refractivity contribution in [3.05, 3.63) is 34.7 Å². The van der Waals surface area contributed by atoms with Crippen molar-refractivity contribution in [1.29, 1.82) is 0 Å². The van der Waals surface area contributed by atoms with Crippen LogP contribution < -0.4 is 16.0 Å². The molecule has 0 saturated carbocycles. The molecule has 0 aromatic carbocycles. The van der Waals surface area contributed by atoms with Crippen molar-refractivity contribution in [3.63, 3.8) is 0 Å². The van der Waals surface area contributed by atoms with E-state index < -0.39 is 0 Å². The van der Waals surface area contributed by atoms with Gasteiger partial charge in [-0.15, -0.1) is 0 Å². The average Bonchev–Trinajstić information content (AvgIpc) is 2.28. The quantitative estimate of drug-likeness (QED) is 0.665. The molecular weight excluding hydrogens is 286 g/mol. The fourth-order valence-electron chi connectivity index (χ4n) is 1.23. The Morgan fingerprint density at radius 1 is 1.29 bits per heavy atom. The van der Waals surface area contributed by atoms with Gasteiger partial charge in [0.1, 0.15) is 5.75 Å². The first-order valence-corrected chi connectivity index (χ1v) is 5.57. The van der Waals surface area contributed by atoms with Crippen LogP contribution in [0, 0.1) is 6.92 Å². The molecule has 88 valence electrons. The summed E-state index contributed by atoms with van der Waals surface area (Å²) < 4.78 is 6.37. The van der Waals surface area contributed by atoms with E-state index in [0.717, 1.165) is 10.2 Å². The number of aromatic nitrogens is 3. The molecule has 0 spiro atoms. The highest BCUT2D eigenvalue weighted by Crippen LogP contribution is 2.22. The van der Waals surface area contributed by atoms with Gasteiger partial charge in [-0.05, 0) is 28.9 Å². The summed E-state index contributed by atoms with van der Waals surface area (Å²) in [6.45, 7) is 1.83. The van der Waals surface area contributed by atoms with E-state index in [4.69, 9.17) is 10.6 Å². The molecule has 0 aliphatic rings. The summed E-state index contributed by atoms with van der Waals surface area (Å²) in [5, 5.41) is 0.